The molecular weight excluding hydrogens is 259 g/mol. The third-order valence-corrected chi connectivity index (χ3v) is 2.90. The van der Waals surface area contributed by atoms with Gasteiger partial charge >= 0.3 is 0 Å². The van der Waals surface area contributed by atoms with Crippen LogP contribution in [0.15, 0.2) is 48.5 Å². The fourth-order valence-corrected chi connectivity index (χ4v) is 1.82. The largest absolute Gasteiger partial charge is 0.358 e. The zero-order valence-corrected chi connectivity index (χ0v) is 11.4. The minimum absolute atomic E-state index is 0.286. The first kappa shape index (κ1) is 13.5. The van der Waals surface area contributed by atoms with Crippen LogP contribution in [0.3, 0.4) is 0 Å². The number of benzene rings is 2. The van der Waals surface area contributed by atoms with E-state index in [4.69, 9.17) is 12.2 Å². The van der Waals surface area contributed by atoms with Crippen molar-refractivity contribution in [3.8, 4) is 0 Å². The molecule has 0 unspecified atom stereocenters. The SMILES string of the molecule is Cc1ccc(CNC(=S)Nc2cccc(F)c2)cc1. The summed E-state index contributed by atoms with van der Waals surface area (Å²) < 4.78 is 13.0. The van der Waals surface area contributed by atoms with E-state index in [-0.39, 0.29) is 5.82 Å². The first-order chi connectivity index (χ1) is 9.13. The van der Waals surface area contributed by atoms with Gasteiger partial charge in [-0.2, -0.15) is 0 Å². The fourth-order valence-electron chi connectivity index (χ4n) is 1.63. The maximum absolute atomic E-state index is 13.0. The van der Waals surface area contributed by atoms with Crippen LogP contribution >= 0.6 is 12.2 Å². The van der Waals surface area contributed by atoms with E-state index in [1.807, 2.05) is 19.1 Å². The molecule has 0 aliphatic rings. The Hall–Kier alpha value is -1.94. The highest BCUT2D eigenvalue weighted by molar-refractivity contribution is 7.80. The molecule has 2 aromatic carbocycles. The third kappa shape index (κ3) is 4.34. The lowest BCUT2D eigenvalue weighted by Gasteiger charge is -2.10. The monoisotopic (exact) mass is 274 g/mol. The number of hydrogen-bond donors (Lipinski definition) is 2. The minimum atomic E-state index is -0.286. The third-order valence-electron chi connectivity index (χ3n) is 2.66. The Balaban J connectivity index is 1.86. The molecule has 0 saturated carbocycles. The molecule has 98 valence electrons. The van der Waals surface area contributed by atoms with Gasteiger partial charge in [-0.25, -0.2) is 4.39 Å². The van der Waals surface area contributed by atoms with Crippen LogP contribution in [0.4, 0.5) is 10.1 Å². The molecule has 0 saturated heterocycles. The van der Waals surface area contributed by atoms with Crippen molar-refractivity contribution in [3.63, 3.8) is 0 Å². The van der Waals surface area contributed by atoms with Crippen LogP contribution in [0.1, 0.15) is 11.1 Å². The number of halogens is 1. The molecule has 0 aliphatic heterocycles. The van der Waals surface area contributed by atoms with E-state index >= 15 is 0 Å². The minimum Gasteiger partial charge on any atom is -0.358 e. The zero-order valence-electron chi connectivity index (χ0n) is 10.6. The van der Waals surface area contributed by atoms with E-state index in [9.17, 15) is 4.39 Å². The summed E-state index contributed by atoms with van der Waals surface area (Å²) in [5.74, 6) is -0.286. The highest BCUT2D eigenvalue weighted by Crippen LogP contribution is 2.09. The van der Waals surface area contributed by atoms with E-state index in [0.29, 0.717) is 17.3 Å². The molecule has 0 radical (unpaired) electrons. The first-order valence-corrected chi connectivity index (χ1v) is 6.40. The van der Waals surface area contributed by atoms with Gasteiger partial charge in [-0.05, 0) is 42.9 Å². The first-order valence-electron chi connectivity index (χ1n) is 5.99. The highest BCUT2D eigenvalue weighted by Gasteiger charge is 1.99. The van der Waals surface area contributed by atoms with Gasteiger partial charge in [0.05, 0.1) is 0 Å². The standard InChI is InChI=1S/C15H15FN2S/c1-11-5-7-12(8-6-11)10-17-15(19)18-14-4-2-3-13(16)9-14/h2-9H,10H2,1H3,(H2,17,18,19). The summed E-state index contributed by atoms with van der Waals surface area (Å²) in [6.07, 6.45) is 0. The van der Waals surface area contributed by atoms with Crippen molar-refractivity contribution >= 4 is 23.0 Å². The van der Waals surface area contributed by atoms with Gasteiger partial charge in [0.15, 0.2) is 5.11 Å². The van der Waals surface area contributed by atoms with E-state index < -0.39 is 0 Å². The second-order valence-electron chi connectivity index (χ2n) is 4.30. The molecule has 2 N–H and O–H groups in total. The van der Waals surface area contributed by atoms with Crippen molar-refractivity contribution in [3.05, 3.63) is 65.5 Å². The Kier molecular flexibility index (Phi) is 4.47. The zero-order chi connectivity index (χ0) is 13.7. The van der Waals surface area contributed by atoms with Gasteiger partial charge in [0, 0.05) is 12.2 Å². The molecule has 2 rings (SSSR count). The summed E-state index contributed by atoms with van der Waals surface area (Å²) in [5.41, 5.74) is 3.01. The Bertz CT molecular complexity index is 567. The number of anilines is 1. The molecule has 0 bridgehead atoms. The molecule has 0 amide bonds. The predicted octanol–water partition coefficient (Wildman–Crippen LogP) is 3.62. The summed E-state index contributed by atoms with van der Waals surface area (Å²) in [7, 11) is 0. The Labute approximate surface area is 117 Å². The molecule has 2 nitrogen and oxygen atoms in total. The number of aryl methyl sites for hydroxylation is 1. The van der Waals surface area contributed by atoms with Crippen LogP contribution in [0.2, 0.25) is 0 Å². The number of nitrogens with one attached hydrogen (secondary N) is 2. The van der Waals surface area contributed by atoms with Crippen molar-refractivity contribution in [2.24, 2.45) is 0 Å². The molecule has 19 heavy (non-hydrogen) atoms. The highest BCUT2D eigenvalue weighted by atomic mass is 32.1. The Morgan fingerprint density at radius 1 is 1.16 bits per heavy atom. The lowest BCUT2D eigenvalue weighted by atomic mass is 10.1. The van der Waals surface area contributed by atoms with Gasteiger partial charge in [0.2, 0.25) is 0 Å². The summed E-state index contributed by atoms with van der Waals surface area (Å²) >= 11 is 5.16. The molecule has 2 aromatic rings. The van der Waals surface area contributed by atoms with Gasteiger partial charge in [-0.15, -0.1) is 0 Å². The van der Waals surface area contributed by atoms with Gasteiger partial charge in [0.1, 0.15) is 5.82 Å². The van der Waals surface area contributed by atoms with Gasteiger partial charge in [-0.1, -0.05) is 35.9 Å². The average Bonchev–Trinajstić information content (AvgIpc) is 2.38. The van der Waals surface area contributed by atoms with Crippen molar-refractivity contribution in [2.75, 3.05) is 5.32 Å². The Morgan fingerprint density at radius 2 is 1.89 bits per heavy atom. The maximum atomic E-state index is 13.0. The fraction of sp³-hybridized carbons (Fsp3) is 0.133. The normalized spacial score (nSPS) is 10.0. The van der Waals surface area contributed by atoms with E-state index in [0.717, 1.165) is 5.56 Å². The predicted molar refractivity (Wildman–Crippen MR) is 80.6 cm³/mol. The summed E-state index contributed by atoms with van der Waals surface area (Å²) in [5, 5.41) is 6.51. The second kappa shape index (κ2) is 6.29. The van der Waals surface area contributed by atoms with E-state index in [2.05, 4.69) is 22.8 Å². The summed E-state index contributed by atoms with van der Waals surface area (Å²) in [4.78, 5) is 0. The van der Waals surface area contributed by atoms with Crippen molar-refractivity contribution in [1.82, 2.24) is 5.32 Å². The molecular formula is C15H15FN2S. The average molecular weight is 274 g/mol. The molecule has 0 aromatic heterocycles. The lowest BCUT2D eigenvalue weighted by molar-refractivity contribution is 0.628. The molecule has 0 aliphatic carbocycles. The molecule has 0 atom stereocenters. The van der Waals surface area contributed by atoms with E-state index in [1.54, 1.807) is 12.1 Å². The number of hydrogen-bond acceptors (Lipinski definition) is 1. The molecule has 0 spiro atoms. The molecule has 0 heterocycles. The van der Waals surface area contributed by atoms with Crippen molar-refractivity contribution < 1.29 is 4.39 Å². The van der Waals surface area contributed by atoms with Crippen LogP contribution in [0.25, 0.3) is 0 Å². The molecule has 4 heteroatoms. The molecule has 0 fully saturated rings. The second-order valence-corrected chi connectivity index (χ2v) is 4.71. The summed E-state index contributed by atoms with van der Waals surface area (Å²) in [6, 6.07) is 14.4. The van der Waals surface area contributed by atoms with Crippen LogP contribution in [0.5, 0.6) is 0 Å². The van der Waals surface area contributed by atoms with Crippen LogP contribution in [-0.4, -0.2) is 5.11 Å². The lowest BCUT2D eigenvalue weighted by Crippen LogP contribution is -2.27. The van der Waals surface area contributed by atoms with Gasteiger partial charge in [-0.3, -0.25) is 0 Å². The smallest absolute Gasteiger partial charge is 0.171 e. The van der Waals surface area contributed by atoms with Crippen molar-refractivity contribution in [2.45, 2.75) is 13.5 Å². The van der Waals surface area contributed by atoms with Crippen LogP contribution in [-0.2, 0) is 6.54 Å². The topological polar surface area (TPSA) is 24.1 Å². The van der Waals surface area contributed by atoms with E-state index in [1.165, 1.54) is 17.7 Å². The van der Waals surface area contributed by atoms with Crippen LogP contribution in [0, 0.1) is 12.7 Å². The maximum Gasteiger partial charge on any atom is 0.171 e. The van der Waals surface area contributed by atoms with Gasteiger partial charge < -0.3 is 10.6 Å². The van der Waals surface area contributed by atoms with Crippen LogP contribution < -0.4 is 10.6 Å². The van der Waals surface area contributed by atoms with Gasteiger partial charge in [0.25, 0.3) is 0 Å². The number of thiocarbonyl (C=S) groups is 1. The quantitative estimate of drug-likeness (QED) is 0.836. The van der Waals surface area contributed by atoms with Crippen molar-refractivity contribution in [1.29, 1.82) is 0 Å². The Morgan fingerprint density at radius 3 is 2.58 bits per heavy atom. The number of rotatable bonds is 3. The summed E-state index contributed by atoms with van der Waals surface area (Å²) in [6.45, 7) is 2.69.